The maximum absolute atomic E-state index is 13.2. The van der Waals surface area contributed by atoms with E-state index in [-0.39, 0.29) is 17.6 Å². The van der Waals surface area contributed by atoms with E-state index in [2.05, 4.69) is 61.7 Å². The van der Waals surface area contributed by atoms with Gasteiger partial charge in [-0.05, 0) is 29.5 Å². The fraction of sp³-hybridized carbons (Fsp3) is 0.382. The molecule has 40 heavy (non-hydrogen) atoms. The maximum atomic E-state index is 13.2. The predicted molar refractivity (Wildman–Crippen MR) is 163 cm³/mol. The van der Waals surface area contributed by atoms with Crippen molar-refractivity contribution in [1.82, 2.24) is 4.90 Å². The average molecular weight is 558 g/mol. The minimum Gasteiger partial charge on any atom is -0.453 e. The zero-order valence-electron chi connectivity index (χ0n) is 24.3. The number of hydrogen-bond donors (Lipinski definition) is 0. The molecule has 0 N–H and O–H groups in total. The van der Waals surface area contributed by atoms with Crippen LogP contribution in [0, 0.1) is 5.41 Å². The molecule has 0 heterocycles. The van der Waals surface area contributed by atoms with Crippen LogP contribution < -0.4 is 0 Å². The molecule has 3 aromatic carbocycles. The van der Waals surface area contributed by atoms with Gasteiger partial charge in [-0.1, -0.05) is 122 Å². The second kappa shape index (κ2) is 13.9. The average Bonchev–Trinajstić information content (AvgIpc) is 3.29. The van der Waals surface area contributed by atoms with Crippen LogP contribution in [0.4, 0.5) is 4.79 Å². The third-order valence-electron chi connectivity index (χ3n) is 7.27. The van der Waals surface area contributed by atoms with Crippen molar-refractivity contribution in [2.75, 3.05) is 20.3 Å². The number of amides is 1. The van der Waals surface area contributed by atoms with Gasteiger partial charge in [0, 0.05) is 12.0 Å². The van der Waals surface area contributed by atoms with Crippen molar-refractivity contribution >= 4 is 14.2 Å². The Bertz CT molecular complexity index is 1180. The van der Waals surface area contributed by atoms with E-state index in [1.54, 1.807) is 0 Å². The van der Waals surface area contributed by atoms with E-state index < -0.39 is 8.07 Å². The summed E-state index contributed by atoms with van der Waals surface area (Å²) in [4.78, 5) is 15.1. The van der Waals surface area contributed by atoms with Crippen LogP contribution in [-0.2, 0) is 34.0 Å². The second-order valence-electron chi connectivity index (χ2n) is 12.0. The molecule has 4 rings (SSSR count). The molecule has 1 aliphatic carbocycles. The van der Waals surface area contributed by atoms with E-state index in [1.165, 1.54) is 12.7 Å². The van der Waals surface area contributed by atoms with E-state index in [9.17, 15) is 4.79 Å². The molecule has 0 aromatic heterocycles. The minimum atomic E-state index is -1.60. The summed E-state index contributed by atoms with van der Waals surface area (Å²) in [6, 6.07) is 30.6. The Balaban J connectivity index is 1.62. The monoisotopic (exact) mass is 557 g/mol. The van der Waals surface area contributed by atoms with Crippen molar-refractivity contribution in [1.29, 1.82) is 0 Å². The number of benzene rings is 3. The van der Waals surface area contributed by atoms with Crippen molar-refractivity contribution in [3.63, 3.8) is 0 Å². The summed E-state index contributed by atoms with van der Waals surface area (Å²) in [5.74, 6) is 0. The lowest BCUT2D eigenvalue weighted by atomic mass is 9.87. The van der Waals surface area contributed by atoms with Gasteiger partial charge in [0.25, 0.3) is 0 Å². The van der Waals surface area contributed by atoms with Gasteiger partial charge in [0.1, 0.15) is 0 Å². The van der Waals surface area contributed by atoms with Gasteiger partial charge in [0.05, 0.1) is 47.7 Å². The predicted octanol–water partition coefficient (Wildman–Crippen LogP) is 7.64. The lowest BCUT2D eigenvalue weighted by molar-refractivity contribution is -0.0326. The van der Waals surface area contributed by atoms with Crippen LogP contribution in [0.15, 0.2) is 102 Å². The highest BCUT2D eigenvalue weighted by Gasteiger charge is 2.46. The standard InChI is InChI=1S/C34H43NO4Si/c1-37-33(36)35(22-28-14-8-5-9-15-28)32-21-34(20-31(32)25-40(2,3)4,26-38-23-29-16-10-6-11-17-29)27-39-24-30-18-12-7-13-19-30/h5-19,25,32H,20-24,26-27H2,1-4H3/b31-25-. The molecule has 0 radical (unpaired) electrons. The topological polar surface area (TPSA) is 48.0 Å². The molecule has 1 aliphatic rings. The van der Waals surface area contributed by atoms with E-state index in [4.69, 9.17) is 14.2 Å². The summed E-state index contributed by atoms with van der Waals surface area (Å²) in [5, 5.41) is 0. The Morgan fingerprint density at radius 1 is 0.825 bits per heavy atom. The molecule has 1 unspecified atom stereocenters. The smallest absolute Gasteiger partial charge is 0.410 e. The zero-order chi connectivity index (χ0) is 28.4. The van der Waals surface area contributed by atoms with Gasteiger partial charge in [-0.3, -0.25) is 4.90 Å². The Labute approximate surface area is 240 Å². The van der Waals surface area contributed by atoms with Gasteiger partial charge in [-0.15, -0.1) is 0 Å². The molecule has 0 spiro atoms. The van der Waals surface area contributed by atoms with Crippen LogP contribution >= 0.6 is 0 Å². The first-order valence-electron chi connectivity index (χ1n) is 14.1. The summed E-state index contributed by atoms with van der Waals surface area (Å²) in [5.41, 5.74) is 6.88. The lowest BCUT2D eigenvalue weighted by Crippen LogP contribution is -2.41. The molecule has 6 heteroatoms. The van der Waals surface area contributed by atoms with Crippen LogP contribution in [0.1, 0.15) is 29.5 Å². The summed E-state index contributed by atoms with van der Waals surface area (Å²) in [7, 11) is -0.131. The second-order valence-corrected chi connectivity index (χ2v) is 17.0. The Hall–Kier alpha value is -3.19. The van der Waals surface area contributed by atoms with Crippen LogP contribution in [0.25, 0.3) is 0 Å². The zero-order valence-corrected chi connectivity index (χ0v) is 25.3. The van der Waals surface area contributed by atoms with Crippen molar-refractivity contribution < 1.29 is 19.0 Å². The fourth-order valence-corrected chi connectivity index (χ4v) is 6.97. The molecule has 1 saturated carbocycles. The number of rotatable bonds is 12. The molecule has 1 atom stereocenters. The molecule has 1 fully saturated rings. The molecular weight excluding hydrogens is 514 g/mol. The fourth-order valence-electron chi connectivity index (χ4n) is 5.56. The molecule has 5 nitrogen and oxygen atoms in total. The summed E-state index contributed by atoms with van der Waals surface area (Å²) >= 11 is 0. The Morgan fingerprint density at radius 3 is 1.75 bits per heavy atom. The van der Waals surface area contributed by atoms with Crippen LogP contribution in [-0.4, -0.2) is 45.4 Å². The highest BCUT2D eigenvalue weighted by atomic mass is 28.3. The number of hydrogen-bond acceptors (Lipinski definition) is 4. The number of ether oxygens (including phenoxy) is 3. The molecule has 0 saturated heterocycles. The van der Waals surface area contributed by atoms with E-state index in [1.807, 2.05) is 59.5 Å². The SMILES string of the molecule is COC(=O)N(Cc1ccccc1)C1CC(COCc2ccccc2)(COCc2ccccc2)C/C1=C/[Si](C)(C)C. The molecule has 212 valence electrons. The van der Waals surface area contributed by atoms with Crippen molar-refractivity contribution in [3.05, 3.63) is 119 Å². The third kappa shape index (κ3) is 8.65. The maximum Gasteiger partial charge on any atom is 0.410 e. The third-order valence-corrected chi connectivity index (χ3v) is 8.51. The Kier molecular flexibility index (Phi) is 10.4. The van der Waals surface area contributed by atoms with Gasteiger partial charge in [0.2, 0.25) is 0 Å². The van der Waals surface area contributed by atoms with Crippen molar-refractivity contribution in [2.24, 2.45) is 5.41 Å². The largest absolute Gasteiger partial charge is 0.453 e. The van der Waals surface area contributed by atoms with Gasteiger partial charge >= 0.3 is 6.09 Å². The van der Waals surface area contributed by atoms with Crippen LogP contribution in [0.2, 0.25) is 19.6 Å². The molecular formula is C34H43NO4Si. The number of methoxy groups -OCH3 is 1. The van der Waals surface area contributed by atoms with Gasteiger partial charge in [-0.25, -0.2) is 4.79 Å². The first kappa shape index (κ1) is 29.8. The first-order valence-corrected chi connectivity index (χ1v) is 17.7. The number of nitrogens with zero attached hydrogens (tertiary/aromatic N) is 1. The molecule has 0 bridgehead atoms. The highest BCUT2D eigenvalue weighted by molar-refractivity contribution is 6.81. The lowest BCUT2D eigenvalue weighted by Gasteiger charge is -2.32. The summed E-state index contributed by atoms with van der Waals surface area (Å²) < 4.78 is 18.1. The van der Waals surface area contributed by atoms with E-state index >= 15 is 0 Å². The Morgan fingerprint density at radius 2 is 1.30 bits per heavy atom. The molecule has 0 aliphatic heterocycles. The number of carbonyl (C=O) groups excluding carboxylic acids is 1. The molecule has 1 amide bonds. The van der Waals surface area contributed by atoms with E-state index in [0.717, 1.165) is 29.5 Å². The highest BCUT2D eigenvalue weighted by Crippen LogP contribution is 2.46. The minimum absolute atomic E-state index is 0.0833. The normalized spacial score (nSPS) is 17.6. The van der Waals surface area contributed by atoms with Crippen molar-refractivity contribution in [3.8, 4) is 0 Å². The van der Waals surface area contributed by atoms with Crippen LogP contribution in [0.5, 0.6) is 0 Å². The van der Waals surface area contributed by atoms with Crippen molar-refractivity contribution in [2.45, 2.75) is 58.3 Å². The van der Waals surface area contributed by atoms with E-state index in [0.29, 0.717) is 33.0 Å². The van der Waals surface area contributed by atoms with Gasteiger partial charge in [-0.2, -0.15) is 0 Å². The quantitative estimate of drug-likeness (QED) is 0.215. The summed E-state index contributed by atoms with van der Waals surface area (Å²) in [6.07, 6.45) is 1.28. The molecule has 3 aromatic rings. The summed E-state index contributed by atoms with van der Waals surface area (Å²) in [6.45, 7) is 9.71. The van der Waals surface area contributed by atoms with Gasteiger partial charge < -0.3 is 14.2 Å². The van der Waals surface area contributed by atoms with Gasteiger partial charge in [0.15, 0.2) is 0 Å². The van der Waals surface area contributed by atoms with Crippen LogP contribution in [0.3, 0.4) is 0 Å². The first-order chi connectivity index (χ1) is 19.3. The number of carbonyl (C=O) groups is 1.